The third-order valence-electron chi connectivity index (χ3n) is 1.34. The predicted octanol–water partition coefficient (Wildman–Crippen LogP) is 0.340. The van der Waals surface area contributed by atoms with Crippen LogP contribution in [0.2, 0.25) is 0 Å². The molecule has 0 atom stereocenters. The van der Waals surface area contributed by atoms with Gasteiger partial charge in [-0.2, -0.15) is 0 Å². The molecular weight excluding hydrogens is 130 g/mol. The number of hydrogen-bond acceptors (Lipinski definition) is 2. The summed E-state index contributed by atoms with van der Waals surface area (Å²) in [5.41, 5.74) is 5.44. The molecule has 1 aromatic heterocycles. The van der Waals surface area contributed by atoms with Gasteiger partial charge >= 0.3 is 0 Å². The summed E-state index contributed by atoms with van der Waals surface area (Å²) in [7, 11) is 0. The van der Waals surface area contributed by atoms with E-state index in [0.29, 0.717) is 0 Å². The summed E-state index contributed by atoms with van der Waals surface area (Å²) in [5, 5.41) is 2.75. The minimum atomic E-state index is -0.144. The minimum absolute atomic E-state index is 0.143. The Kier molecular flexibility index (Phi) is 1.53. The molecule has 56 valence electrons. The van der Waals surface area contributed by atoms with E-state index in [2.05, 4.69) is 5.10 Å². The van der Waals surface area contributed by atoms with E-state index in [1.807, 2.05) is 13.8 Å². The molecule has 0 aliphatic heterocycles. The molecule has 10 heavy (non-hydrogen) atoms. The Balaban J connectivity index is 3.18. The first-order valence-corrected chi connectivity index (χ1v) is 3.18. The van der Waals surface area contributed by atoms with Crippen molar-refractivity contribution >= 4 is 5.69 Å². The van der Waals surface area contributed by atoms with Crippen molar-refractivity contribution in [1.82, 2.24) is 9.78 Å². The number of H-pyrrole nitrogens is 1. The summed E-state index contributed by atoms with van der Waals surface area (Å²) in [6.45, 7) is 3.83. The summed E-state index contributed by atoms with van der Waals surface area (Å²) < 4.78 is 1.48. The Morgan fingerprint density at radius 2 is 2.30 bits per heavy atom. The fourth-order valence-corrected chi connectivity index (χ4v) is 0.782. The highest BCUT2D eigenvalue weighted by Gasteiger charge is 2.03. The van der Waals surface area contributed by atoms with Gasteiger partial charge in [0.2, 0.25) is 0 Å². The molecule has 1 heterocycles. The Morgan fingerprint density at radius 3 is 2.50 bits per heavy atom. The maximum Gasteiger partial charge on any atom is 0.289 e. The monoisotopic (exact) mass is 141 g/mol. The van der Waals surface area contributed by atoms with E-state index in [-0.39, 0.29) is 17.3 Å². The minimum Gasteiger partial charge on any atom is -0.393 e. The lowest BCUT2D eigenvalue weighted by molar-refractivity contribution is 0.517. The summed E-state index contributed by atoms with van der Waals surface area (Å²) in [6, 6.07) is 0.143. The quantitative estimate of drug-likeness (QED) is 0.592. The van der Waals surface area contributed by atoms with E-state index in [0.717, 1.165) is 0 Å². The van der Waals surface area contributed by atoms with Crippen LogP contribution < -0.4 is 11.3 Å². The van der Waals surface area contributed by atoms with Crippen molar-refractivity contribution in [3.05, 3.63) is 16.6 Å². The van der Waals surface area contributed by atoms with E-state index in [1.54, 1.807) is 0 Å². The van der Waals surface area contributed by atoms with E-state index >= 15 is 0 Å². The number of anilines is 1. The van der Waals surface area contributed by atoms with Gasteiger partial charge in [0, 0.05) is 12.2 Å². The zero-order valence-electron chi connectivity index (χ0n) is 6.09. The van der Waals surface area contributed by atoms with Crippen LogP contribution in [0.5, 0.6) is 0 Å². The molecule has 0 fully saturated rings. The van der Waals surface area contributed by atoms with Gasteiger partial charge in [-0.15, -0.1) is 0 Å². The standard InChI is InChI=1S/C6H11N3O/c1-4(2)9-6(10)5(7)3-8-9/h3-4,8H,7H2,1-2H3. The average Bonchev–Trinajstić information content (AvgIpc) is 2.14. The SMILES string of the molecule is CC(C)n1[nH]cc(N)c1=O. The first-order chi connectivity index (χ1) is 4.63. The van der Waals surface area contributed by atoms with Gasteiger partial charge in [0.25, 0.3) is 5.56 Å². The first-order valence-electron chi connectivity index (χ1n) is 3.18. The Labute approximate surface area is 58.6 Å². The van der Waals surface area contributed by atoms with Crippen molar-refractivity contribution in [3.8, 4) is 0 Å². The molecule has 0 radical (unpaired) electrons. The number of nitrogens with one attached hydrogen (secondary N) is 1. The fraction of sp³-hybridized carbons (Fsp3) is 0.500. The number of nitrogens with zero attached hydrogens (tertiary/aromatic N) is 1. The lowest BCUT2D eigenvalue weighted by atomic mass is 10.4. The molecule has 0 aliphatic carbocycles. The topological polar surface area (TPSA) is 63.8 Å². The summed E-state index contributed by atoms with van der Waals surface area (Å²) in [5.74, 6) is 0. The maximum atomic E-state index is 11.0. The third-order valence-corrected chi connectivity index (χ3v) is 1.34. The highest BCUT2D eigenvalue weighted by molar-refractivity contribution is 5.30. The summed E-state index contributed by atoms with van der Waals surface area (Å²) >= 11 is 0. The predicted molar refractivity (Wildman–Crippen MR) is 39.9 cm³/mol. The largest absolute Gasteiger partial charge is 0.393 e. The van der Waals surface area contributed by atoms with Crippen LogP contribution in [0.25, 0.3) is 0 Å². The number of aromatic nitrogens is 2. The number of hydrogen-bond donors (Lipinski definition) is 2. The smallest absolute Gasteiger partial charge is 0.289 e. The van der Waals surface area contributed by atoms with E-state index in [9.17, 15) is 4.79 Å². The fourth-order valence-electron chi connectivity index (χ4n) is 0.782. The molecule has 4 nitrogen and oxygen atoms in total. The van der Waals surface area contributed by atoms with Crippen LogP contribution >= 0.6 is 0 Å². The number of rotatable bonds is 1. The van der Waals surface area contributed by atoms with Gasteiger partial charge in [0.05, 0.1) is 0 Å². The van der Waals surface area contributed by atoms with E-state index < -0.39 is 0 Å². The molecule has 1 rings (SSSR count). The van der Waals surface area contributed by atoms with Crippen molar-refractivity contribution in [1.29, 1.82) is 0 Å². The van der Waals surface area contributed by atoms with Crippen molar-refractivity contribution in [2.75, 3.05) is 5.73 Å². The van der Waals surface area contributed by atoms with Gasteiger partial charge in [-0.3, -0.25) is 4.79 Å². The molecular formula is C6H11N3O. The van der Waals surface area contributed by atoms with Crippen LogP contribution in [-0.2, 0) is 0 Å². The molecule has 3 N–H and O–H groups in total. The highest BCUT2D eigenvalue weighted by atomic mass is 16.1. The lowest BCUT2D eigenvalue weighted by Crippen LogP contribution is -2.20. The second-order valence-corrected chi connectivity index (χ2v) is 2.50. The van der Waals surface area contributed by atoms with Gasteiger partial charge in [-0.1, -0.05) is 0 Å². The normalized spacial score (nSPS) is 10.7. The van der Waals surface area contributed by atoms with Gasteiger partial charge in [0.1, 0.15) is 5.69 Å². The van der Waals surface area contributed by atoms with Crippen LogP contribution in [-0.4, -0.2) is 9.78 Å². The molecule has 0 amide bonds. The summed E-state index contributed by atoms with van der Waals surface area (Å²) in [4.78, 5) is 11.0. The molecule has 0 saturated carbocycles. The summed E-state index contributed by atoms with van der Waals surface area (Å²) in [6.07, 6.45) is 1.50. The number of nitrogen functional groups attached to an aromatic ring is 1. The van der Waals surface area contributed by atoms with Gasteiger partial charge in [-0.05, 0) is 13.8 Å². The molecule has 0 aromatic carbocycles. The Hall–Kier alpha value is -1.19. The molecule has 0 bridgehead atoms. The average molecular weight is 141 g/mol. The van der Waals surface area contributed by atoms with Crippen molar-refractivity contribution in [2.45, 2.75) is 19.9 Å². The van der Waals surface area contributed by atoms with Crippen molar-refractivity contribution in [2.24, 2.45) is 0 Å². The van der Waals surface area contributed by atoms with Crippen molar-refractivity contribution in [3.63, 3.8) is 0 Å². The molecule has 1 aromatic rings. The van der Waals surface area contributed by atoms with Crippen LogP contribution in [0.1, 0.15) is 19.9 Å². The van der Waals surface area contributed by atoms with Crippen LogP contribution in [0.3, 0.4) is 0 Å². The van der Waals surface area contributed by atoms with Crippen LogP contribution in [0, 0.1) is 0 Å². The molecule has 0 unspecified atom stereocenters. The molecule has 4 heteroatoms. The molecule has 0 aliphatic rings. The highest BCUT2D eigenvalue weighted by Crippen LogP contribution is 1.98. The Morgan fingerprint density at radius 1 is 1.70 bits per heavy atom. The van der Waals surface area contributed by atoms with E-state index in [1.165, 1.54) is 10.9 Å². The third kappa shape index (κ3) is 0.920. The number of aromatic amines is 1. The Bertz CT molecular complexity index is 271. The lowest BCUT2D eigenvalue weighted by Gasteiger charge is -2.02. The van der Waals surface area contributed by atoms with Gasteiger partial charge < -0.3 is 10.8 Å². The first kappa shape index (κ1) is 6.92. The second kappa shape index (κ2) is 2.21. The van der Waals surface area contributed by atoms with E-state index in [4.69, 9.17) is 5.73 Å². The van der Waals surface area contributed by atoms with Crippen molar-refractivity contribution < 1.29 is 0 Å². The van der Waals surface area contributed by atoms with Crippen LogP contribution in [0.4, 0.5) is 5.69 Å². The van der Waals surface area contributed by atoms with Gasteiger partial charge in [-0.25, -0.2) is 4.68 Å². The number of nitrogens with two attached hydrogens (primary N) is 1. The molecule has 0 spiro atoms. The maximum absolute atomic E-state index is 11.0. The zero-order chi connectivity index (χ0) is 7.72. The van der Waals surface area contributed by atoms with Crippen LogP contribution in [0.15, 0.2) is 11.0 Å². The zero-order valence-corrected chi connectivity index (χ0v) is 6.09. The molecule has 0 saturated heterocycles. The second-order valence-electron chi connectivity index (χ2n) is 2.50. The van der Waals surface area contributed by atoms with Gasteiger partial charge in [0.15, 0.2) is 0 Å².